The Hall–Kier alpha value is -1.76. The number of nitrogens with one attached hydrogen (secondary N) is 2. The van der Waals surface area contributed by atoms with Gasteiger partial charge in [-0.25, -0.2) is 4.99 Å². The summed E-state index contributed by atoms with van der Waals surface area (Å²) < 4.78 is 5.25. The first-order valence-electron chi connectivity index (χ1n) is 8.01. The fraction of sp³-hybridized carbons (Fsp3) is 0.316. The van der Waals surface area contributed by atoms with E-state index in [0.29, 0.717) is 6.54 Å². The van der Waals surface area contributed by atoms with E-state index >= 15 is 0 Å². The minimum atomic E-state index is 0. The van der Waals surface area contributed by atoms with Gasteiger partial charge < -0.3 is 15.4 Å². The molecular formula is C19H26IN3O. The number of rotatable bonds is 7. The van der Waals surface area contributed by atoms with Crippen molar-refractivity contribution in [2.75, 3.05) is 20.2 Å². The van der Waals surface area contributed by atoms with Gasteiger partial charge >= 0.3 is 0 Å². The summed E-state index contributed by atoms with van der Waals surface area (Å²) in [6.07, 6.45) is 0.924. The average Bonchev–Trinajstić information content (AvgIpc) is 2.61. The summed E-state index contributed by atoms with van der Waals surface area (Å²) in [6.45, 7) is 4.42. The summed E-state index contributed by atoms with van der Waals surface area (Å²) >= 11 is 0. The van der Waals surface area contributed by atoms with Crippen molar-refractivity contribution in [1.29, 1.82) is 0 Å². The summed E-state index contributed by atoms with van der Waals surface area (Å²) in [7, 11) is 1.69. The normalized spacial score (nSPS) is 10.7. The largest absolute Gasteiger partial charge is 0.497 e. The van der Waals surface area contributed by atoms with Gasteiger partial charge in [-0.2, -0.15) is 0 Å². The van der Waals surface area contributed by atoms with Crippen LogP contribution in [0.25, 0.3) is 0 Å². The third kappa shape index (κ3) is 7.21. The Kier molecular flexibility index (Phi) is 9.91. The summed E-state index contributed by atoms with van der Waals surface area (Å²) in [5, 5.41) is 6.65. The Balaban J connectivity index is 0.00000288. The highest BCUT2D eigenvalue weighted by atomic mass is 127. The molecule has 0 aliphatic rings. The van der Waals surface area contributed by atoms with Crippen molar-refractivity contribution in [2.45, 2.75) is 19.9 Å². The summed E-state index contributed by atoms with van der Waals surface area (Å²) in [4.78, 5) is 4.62. The van der Waals surface area contributed by atoms with E-state index in [1.807, 2.05) is 30.3 Å². The fourth-order valence-electron chi connectivity index (χ4n) is 2.25. The monoisotopic (exact) mass is 439 g/mol. The molecule has 0 aliphatic carbocycles. The number of hydrogen-bond acceptors (Lipinski definition) is 2. The van der Waals surface area contributed by atoms with Crippen molar-refractivity contribution in [3.8, 4) is 5.75 Å². The van der Waals surface area contributed by atoms with Crippen LogP contribution >= 0.6 is 24.0 Å². The number of nitrogens with zero attached hydrogens (tertiary/aromatic N) is 1. The Morgan fingerprint density at radius 1 is 1.00 bits per heavy atom. The van der Waals surface area contributed by atoms with Crippen LogP contribution in [0.1, 0.15) is 18.1 Å². The molecule has 0 radical (unpaired) electrons. The van der Waals surface area contributed by atoms with E-state index in [-0.39, 0.29) is 24.0 Å². The minimum absolute atomic E-state index is 0. The van der Waals surface area contributed by atoms with Crippen LogP contribution in [0.4, 0.5) is 0 Å². The van der Waals surface area contributed by atoms with Crippen LogP contribution < -0.4 is 15.4 Å². The zero-order chi connectivity index (χ0) is 16.3. The van der Waals surface area contributed by atoms with Gasteiger partial charge in [0.05, 0.1) is 13.7 Å². The van der Waals surface area contributed by atoms with E-state index in [4.69, 9.17) is 4.74 Å². The highest BCUT2D eigenvalue weighted by Gasteiger charge is 1.99. The van der Waals surface area contributed by atoms with Crippen molar-refractivity contribution >= 4 is 29.9 Å². The molecular weight excluding hydrogens is 413 g/mol. The maximum absolute atomic E-state index is 5.25. The van der Waals surface area contributed by atoms with Gasteiger partial charge in [0.2, 0.25) is 0 Å². The number of ether oxygens (including phenoxy) is 1. The van der Waals surface area contributed by atoms with Crippen LogP contribution in [0, 0.1) is 0 Å². The first-order valence-corrected chi connectivity index (χ1v) is 8.01. The van der Waals surface area contributed by atoms with Crippen molar-refractivity contribution in [3.05, 3.63) is 65.7 Å². The van der Waals surface area contributed by atoms with Gasteiger partial charge in [0.25, 0.3) is 0 Å². The molecule has 0 fully saturated rings. The van der Waals surface area contributed by atoms with Gasteiger partial charge in [0.15, 0.2) is 5.96 Å². The van der Waals surface area contributed by atoms with Gasteiger partial charge in [-0.3, -0.25) is 0 Å². The first kappa shape index (κ1) is 20.3. The lowest BCUT2D eigenvalue weighted by atomic mass is 10.1. The zero-order valence-corrected chi connectivity index (χ0v) is 16.6. The standard InChI is InChI=1S/C19H25N3O.HI/c1-3-20-19(22-15-17-8-5-4-6-9-17)21-13-12-16-10-7-11-18(14-16)23-2;/h4-11,14H,3,12-13,15H2,1-2H3,(H2,20,21,22);1H. The molecule has 4 nitrogen and oxygen atoms in total. The Labute approximate surface area is 161 Å². The van der Waals surface area contributed by atoms with Crippen LogP contribution in [-0.4, -0.2) is 26.2 Å². The molecule has 5 heteroatoms. The Morgan fingerprint density at radius 3 is 2.46 bits per heavy atom. The predicted molar refractivity (Wildman–Crippen MR) is 111 cm³/mol. The third-order valence-corrected chi connectivity index (χ3v) is 3.45. The minimum Gasteiger partial charge on any atom is -0.497 e. The van der Waals surface area contributed by atoms with Crippen LogP contribution in [0.5, 0.6) is 5.75 Å². The molecule has 0 saturated heterocycles. The number of benzene rings is 2. The molecule has 2 rings (SSSR count). The molecule has 2 aromatic rings. The van der Waals surface area contributed by atoms with Crippen LogP contribution in [0.15, 0.2) is 59.6 Å². The molecule has 0 aromatic heterocycles. The van der Waals surface area contributed by atoms with Crippen molar-refractivity contribution in [1.82, 2.24) is 10.6 Å². The Morgan fingerprint density at radius 2 is 1.75 bits per heavy atom. The van der Waals surface area contributed by atoms with Gasteiger partial charge in [0.1, 0.15) is 5.75 Å². The molecule has 0 heterocycles. The zero-order valence-electron chi connectivity index (χ0n) is 14.3. The van der Waals surface area contributed by atoms with E-state index in [1.165, 1.54) is 11.1 Å². The third-order valence-electron chi connectivity index (χ3n) is 3.45. The quantitative estimate of drug-likeness (QED) is 0.394. The highest BCUT2D eigenvalue weighted by molar-refractivity contribution is 14.0. The highest BCUT2D eigenvalue weighted by Crippen LogP contribution is 2.12. The summed E-state index contributed by atoms with van der Waals surface area (Å²) in [5.41, 5.74) is 2.45. The summed E-state index contributed by atoms with van der Waals surface area (Å²) in [5.74, 6) is 1.74. The second-order valence-corrected chi connectivity index (χ2v) is 5.21. The van der Waals surface area contributed by atoms with Gasteiger partial charge in [-0.1, -0.05) is 42.5 Å². The first-order chi connectivity index (χ1) is 11.3. The van der Waals surface area contributed by atoms with Crippen LogP contribution in [0.2, 0.25) is 0 Å². The average molecular weight is 439 g/mol. The van der Waals surface area contributed by atoms with E-state index in [1.54, 1.807) is 7.11 Å². The number of methoxy groups -OCH3 is 1. The number of halogens is 1. The van der Waals surface area contributed by atoms with Crippen LogP contribution in [0.3, 0.4) is 0 Å². The molecule has 2 aromatic carbocycles. The maximum atomic E-state index is 5.25. The molecule has 0 unspecified atom stereocenters. The number of guanidine groups is 1. The second kappa shape index (κ2) is 11.7. The fourth-order valence-corrected chi connectivity index (χ4v) is 2.25. The molecule has 24 heavy (non-hydrogen) atoms. The second-order valence-electron chi connectivity index (χ2n) is 5.21. The molecule has 130 valence electrons. The molecule has 2 N–H and O–H groups in total. The molecule has 0 amide bonds. The lowest BCUT2D eigenvalue weighted by Crippen LogP contribution is -2.38. The summed E-state index contributed by atoms with van der Waals surface area (Å²) in [6, 6.07) is 18.4. The molecule has 0 aliphatic heterocycles. The molecule has 0 atom stereocenters. The maximum Gasteiger partial charge on any atom is 0.191 e. The number of aliphatic imine (C=N–C) groups is 1. The van der Waals surface area contributed by atoms with Crippen LogP contribution in [-0.2, 0) is 13.0 Å². The lowest BCUT2D eigenvalue weighted by molar-refractivity contribution is 0.414. The smallest absolute Gasteiger partial charge is 0.191 e. The van der Waals surface area contributed by atoms with Gasteiger partial charge in [-0.15, -0.1) is 24.0 Å². The molecule has 0 bridgehead atoms. The number of hydrogen-bond donors (Lipinski definition) is 2. The van der Waals surface area contributed by atoms with Crippen molar-refractivity contribution in [2.24, 2.45) is 4.99 Å². The van der Waals surface area contributed by atoms with Gasteiger partial charge in [-0.05, 0) is 36.6 Å². The molecule has 0 spiro atoms. The predicted octanol–water partition coefficient (Wildman–Crippen LogP) is 3.61. The van der Waals surface area contributed by atoms with Crippen molar-refractivity contribution < 1.29 is 4.74 Å². The van der Waals surface area contributed by atoms with E-state index in [9.17, 15) is 0 Å². The topological polar surface area (TPSA) is 45.7 Å². The van der Waals surface area contributed by atoms with Gasteiger partial charge in [0, 0.05) is 13.1 Å². The van der Waals surface area contributed by atoms with E-state index < -0.39 is 0 Å². The van der Waals surface area contributed by atoms with E-state index in [0.717, 1.165) is 31.2 Å². The van der Waals surface area contributed by atoms with E-state index in [2.05, 4.69) is 46.8 Å². The SMILES string of the molecule is CCNC(=NCc1ccccc1)NCCc1cccc(OC)c1.I. The lowest BCUT2D eigenvalue weighted by Gasteiger charge is -2.11. The Bertz CT molecular complexity index is 617. The van der Waals surface area contributed by atoms with Crippen molar-refractivity contribution in [3.63, 3.8) is 0 Å². The molecule has 0 saturated carbocycles.